The van der Waals surface area contributed by atoms with Crippen molar-refractivity contribution in [2.45, 2.75) is 26.2 Å². The number of benzene rings is 4. The number of carbonyl (C=O) groups is 2. The number of para-hydroxylation sites is 2. The summed E-state index contributed by atoms with van der Waals surface area (Å²) in [6, 6.07) is 31.5. The van der Waals surface area contributed by atoms with Gasteiger partial charge in [0.05, 0.1) is 67.8 Å². The van der Waals surface area contributed by atoms with E-state index in [0.717, 1.165) is 11.1 Å². The molecule has 56 heavy (non-hydrogen) atoms. The highest BCUT2D eigenvalue weighted by molar-refractivity contribution is 7.93. The normalized spacial score (nSPS) is 11.2. The summed E-state index contributed by atoms with van der Waals surface area (Å²) in [6.45, 7) is 0.908. The Hall–Kier alpha value is -6.10. The van der Waals surface area contributed by atoms with Gasteiger partial charge in [-0.15, -0.1) is 0 Å². The Morgan fingerprint density at radius 2 is 1.04 bits per heavy atom. The minimum Gasteiger partial charge on any atom is -0.465 e. The molecule has 0 aliphatic rings. The molecular formula is C40H43N7O7S2. The van der Waals surface area contributed by atoms with Gasteiger partial charge in [-0.05, 0) is 47.5 Å². The van der Waals surface area contributed by atoms with E-state index in [0.29, 0.717) is 35.6 Å². The van der Waals surface area contributed by atoms with E-state index in [4.69, 9.17) is 10.5 Å². The molecule has 2 N–H and O–H groups in total. The van der Waals surface area contributed by atoms with Crippen LogP contribution in [0.25, 0.3) is 0 Å². The molecule has 4 aromatic carbocycles. The SMILES string of the molecule is COC(=O)c1ccc(CN(c2ccccc2)S(=O)(=O)CCn2ccnc2)cc1.NCC(=O)c1ccc(CN(c2ccccc2)S(=O)(=O)CCn2ccnc2)cc1. The molecule has 0 saturated carbocycles. The van der Waals surface area contributed by atoms with E-state index in [1.165, 1.54) is 15.7 Å². The Labute approximate surface area is 326 Å². The number of aryl methyl sites for hydroxylation is 2. The highest BCUT2D eigenvalue weighted by Gasteiger charge is 2.24. The number of nitrogens with two attached hydrogens (primary N) is 1. The predicted octanol–water partition coefficient (Wildman–Crippen LogP) is 4.77. The third-order valence-electron chi connectivity index (χ3n) is 8.58. The number of anilines is 2. The van der Waals surface area contributed by atoms with Gasteiger partial charge in [0.25, 0.3) is 0 Å². The van der Waals surface area contributed by atoms with E-state index in [2.05, 4.69) is 9.97 Å². The average Bonchev–Trinajstić information content (AvgIpc) is 3.97. The summed E-state index contributed by atoms with van der Waals surface area (Å²) in [5, 5.41) is 0. The molecule has 6 aromatic rings. The molecule has 292 valence electrons. The van der Waals surface area contributed by atoms with Crippen molar-refractivity contribution in [2.24, 2.45) is 5.73 Å². The van der Waals surface area contributed by atoms with Crippen molar-refractivity contribution in [1.82, 2.24) is 19.1 Å². The molecule has 2 aromatic heterocycles. The maximum Gasteiger partial charge on any atom is 0.337 e. The molecule has 14 nitrogen and oxygen atoms in total. The highest BCUT2D eigenvalue weighted by Crippen LogP contribution is 2.23. The highest BCUT2D eigenvalue weighted by atomic mass is 32.2. The fourth-order valence-electron chi connectivity index (χ4n) is 5.50. The molecule has 2 heterocycles. The molecule has 0 spiro atoms. The number of ether oxygens (including phenoxy) is 1. The number of carbonyl (C=O) groups excluding carboxylic acids is 2. The molecule has 0 aliphatic carbocycles. The topological polar surface area (TPSA) is 180 Å². The maximum absolute atomic E-state index is 13.1. The van der Waals surface area contributed by atoms with E-state index in [9.17, 15) is 26.4 Å². The Bertz CT molecular complexity index is 2170. The standard InChI is InChI=1S/C20H22N4O3S.C20H21N3O4S/c21-14-20(25)18-8-6-17(7-9-18)15-24(19-4-2-1-3-5-19)28(26,27)13-12-23-11-10-22-16-23;1-27-20(24)18-9-7-17(8-10-18)15-23(19-5-3-2-4-6-19)28(25,26)14-13-22-12-11-21-16-22/h1-11,16H,12-15,21H2;2-12,16H,13-15H2,1H3. The van der Waals surface area contributed by atoms with E-state index in [1.807, 2.05) is 12.1 Å². The Morgan fingerprint density at radius 1 is 0.625 bits per heavy atom. The second kappa shape index (κ2) is 19.5. The number of ketones is 1. The molecule has 0 unspecified atom stereocenters. The zero-order valence-corrected chi connectivity index (χ0v) is 32.4. The summed E-state index contributed by atoms with van der Waals surface area (Å²) >= 11 is 0. The lowest BCUT2D eigenvalue weighted by atomic mass is 10.1. The number of esters is 1. The van der Waals surface area contributed by atoms with Crippen molar-refractivity contribution < 1.29 is 31.2 Å². The second-order valence-electron chi connectivity index (χ2n) is 12.4. The predicted molar refractivity (Wildman–Crippen MR) is 215 cm³/mol. The molecule has 0 aliphatic heterocycles. The second-order valence-corrected chi connectivity index (χ2v) is 16.5. The number of rotatable bonds is 17. The maximum atomic E-state index is 13.1. The quantitative estimate of drug-likeness (QED) is 0.0999. The van der Waals surface area contributed by atoms with Crippen molar-refractivity contribution in [3.63, 3.8) is 0 Å². The summed E-state index contributed by atoms with van der Waals surface area (Å²) in [5.41, 5.74) is 9.05. The first kappa shape index (κ1) is 41.1. The summed E-state index contributed by atoms with van der Waals surface area (Å²) < 4.78 is 63.2. The number of nitrogens with zero attached hydrogens (tertiary/aromatic N) is 6. The number of imidazole rings is 2. The molecule has 0 amide bonds. The van der Waals surface area contributed by atoms with Gasteiger partial charge >= 0.3 is 5.97 Å². The van der Waals surface area contributed by atoms with Gasteiger partial charge in [-0.1, -0.05) is 72.8 Å². The van der Waals surface area contributed by atoms with Crippen molar-refractivity contribution >= 4 is 43.2 Å². The summed E-state index contributed by atoms with van der Waals surface area (Å²) in [5.74, 6) is -0.695. The molecule has 16 heteroatoms. The minimum atomic E-state index is -3.59. The molecule has 0 bridgehead atoms. The number of hydrogen-bond donors (Lipinski definition) is 1. The molecule has 0 atom stereocenters. The van der Waals surface area contributed by atoms with Gasteiger partial charge in [0.2, 0.25) is 20.0 Å². The monoisotopic (exact) mass is 797 g/mol. The summed E-state index contributed by atoms with van der Waals surface area (Å²) in [4.78, 5) is 31.2. The van der Waals surface area contributed by atoms with Crippen LogP contribution >= 0.6 is 0 Å². The summed E-state index contributed by atoms with van der Waals surface area (Å²) in [6.07, 6.45) is 9.88. The van der Waals surface area contributed by atoms with Crippen LogP contribution in [0.4, 0.5) is 11.4 Å². The molecule has 0 fully saturated rings. The lowest BCUT2D eigenvalue weighted by Crippen LogP contribution is -2.33. The number of methoxy groups -OCH3 is 1. The van der Waals surface area contributed by atoms with Crippen molar-refractivity contribution in [3.8, 4) is 0 Å². The number of hydrogen-bond acceptors (Lipinski definition) is 10. The molecule has 0 saturated heterocycles. The van der Waals surface area contributed by atoms with Gasteiger partial charge in [0, 0.05) is 43.4 Å². The van der Waals surface area contributed by atoms with Crippen LogP contribution in [-0.4, -0.2) is 72.9 Å². The first-order chi connectivity index (χ1) is 27.0. The average molecular weight is 798 g/mol. The van der Waals surface area contributed by atoms with Gasteiger partial charge in [-0.2, -0.15) is 0 Å². The zero-order valence-electron chi connectivity index (χ0n) is 30.7. The fourth-order valence-corrected chi connectivity index (χ4v) is 8.40. The van der Waals surface area contributed by atoms with Gasteiger partial charge in [-0.3, -0.25) is 13.4 Å². The van der Waals surface area contributed by atoms with Crippen LogP contribution in [0.2, 0.25) is 0 Å². The first-order valence-electron chi connectivity index (χ1n) is 17.5. The van der Waals surface area contributed by atoms with E-state index in [-0.39, 0.29) is 36.9 Å². The number of sulfonamides is 2. The Balaban J connectivity index is 0.000000214. The lowest BCUT2D eigenvalue weighted by Gasteiger charge is -2.25. The third-order valence-corrected chi connectivity index (χ3v) is 12.0. The van der Waals surface area contributed by atoms with Gasteiger partial charge < -0.3 is 19.6 Å². The molecular weight excluding hydrogens is 755 g/mol. The van der Waals surface area contributed by atoms with Crippen molar-refractivity contribution in [1.29, 1.82) is 0 Å². The van der Waals surface area contributed by atoms with Crippen LogP contribution in [-0.2, 0) is 51.0 Å². The van der Waals surface area contributed by atoms with Gasteiger partial charge in [0.15, 0.2) is 5.78 Å². The van der Waals surface area contributed by atoms with Gasteiger partial charge in [0.1, 0.15) is 0 Å². The van der Waals surface area contributed by atoms with E-state index < -0.39 is 26.0 Å². The fraction of sp³-hybridized carbons (Fsp3) is 0.200. The Kier molecular flexibility index (Phi) is 14.3. The van der Waals surface area contributed by atoms with Crippen LogP contribution in [0.5, 0.6) is 0 Å². The minimum absolute atomic E-state index is 0.0536. The van der Waals surface area contributed by atoms with E-state index >= 15 is 0 Å². The molecule has 0 radical (unpaired) electrons. The van der Waals surface area contributed by atoms with Crippen LogP contribution in [0, 0.1) is 0 Å². The Morgan fingerprint density at radius 3 is 1.39 bits per heavy atom. The summed E-state index contributed by atoms with van der Waals surface area (Å²) in [7, 11) is -5.85. The van der Waals surface area contributed by atoms with Crippen LogP contribution in [0.3, 0.4) is 0 Å². The number of Topliss-reactive ketones (excluding diaryl/α,β-unsaturated/α-hetero) is 1. The van der Waals surface area contributed by atoms with Crippen LogP contribution < -0.4 is 14.3 Å². The van der Waals surface area contributed by atoms with Crippen LogP contribution in [0.1, 0.15) is 31.8 Å². The van der Waals surface area contributed by atoms with E-state index in [1.54, 1.807) is 144 Å². The largest absolute Gasteiger partial charge is 0.465 e. The van der Waals surface area contributed by atoms with Crippen LogP contribution in [0.15, 0.2) is 147 Å². The lowest BCUT2D eigenvalue weighted by molar-refractivity contribution is 0.0600. The molecule has 6 rings (SSSR count). The first-order valence-corrected chi connectivity index (χ1v) is 20.7. The zero-order chi connectivity index (χ0) is 40.0. The third kappa shape index (κ3) is 11.5. The van der Waals surface area contributed by atoms with Crippen molar-refractivity contribution in [2.75, 3.05) is 33.8 Å². The number of aromatic nitrogens is 4. The van der Waals surface area contributed by atoms with Crippen molar-refractivity contribution in [3.05, 3.63) is 169 Å². The van der Waals surface area contributed by atoms with Gasteiger partial charge in [-0.25, -0.2) is 31.6 Å². The smallest absolute Gasteiger partial charge is 0.337 e.